The van der Waals surface area contributed by atoms with Crippen molar-refractivity contribution < 1.29 is 9.90 Å². The molecule has 0 aliphatic carbocycles. The summed E-state index contributed by atoms with van der Waals surface area (Å²) in [7, 11) is 3.87. The lowest BCUT2D eigenvalue weighted by Crippen LogP contribution is -2.37. The minimum absolute atomic E-state index is 0.401. The first-order valence-electron chi connectivity index (χ1n) is 8.02. The molecule has 138 valence electrons. The van der Waals surface area contributed by atoms with Gasteiger partial charge in [-0.05, 0) is 17.5 Å². The van der Waals surface area contributed by atoms with Crippen molar-refractivity contribution in [1.29, 1.82) is 0 Å². The predicted octanol–water partition coefficient (Wildman–Crippen LogP) is 2.67. The van der Waals surface area contributed by atoms with Gasteiger partial charge in [-0.3, -0.25) is 0 Å². The first-order valence-corrected chi connectivity index (χ1v) is 8.84. The van der Waals surface area contributed by atoms with Gasteiger partial charge in [0.05, 0.1) is 10.9 Å². The van der Waals surface area contributed by atoms with Crippen molar-refractivity contribution in [2.24, 2.45) is 5.41 Å². The van der Waals surface area contributed by atoms with Gasteiger partial charge in [-0.15, -0.1) is 10.2 Å². The molecule has 0 spiro atoms. The van der Waals surface area contributed by atoms with E-state index < -0.39 is 17.6 Å². The van der Waals surface area contributed by atoms with Gasteiger partial charge in [0.15, 0.2) is 16.6 Å². The Hall–Kier alpha value is -2.75. The molecule has 3 rings (SSSR count). The molecule has 0 aliphatic heterocycles. The summed E-state index contributed by atoms with van der Waals surface area (Å²) in [6, 6.07) is 3.11. The second-order valence-corrected chi connectivity index (χ2v) is 8.21. The maximum atomic E-state index is 11.2. The van der Waals surface area contributed by atoms with Gasteiger partial charge in [-0.1, -0.05) is 32.1 Å². The van der Waals surface area contributed by atoms with E-state index in [9.17, 15) is 9.90 Å². The molecule has 0 aliphatic rings. The standard InChI is InChI=1S/C16H21N7O2S/c1-16(2,3)12(18-15(24)25)13-20-19-11-7-6-9(21-23(11)13)10-8-17-14(26-10)22(4)5/h6-8,12,18H,1-5H3,(H,24,25). The van der Waals surface area contributed by atoms with Crippen LogP contribution >= 0.6 is 11.3 Å². The molecule has 0 bridgehead atoms. The summed E-state index contributed by atoms with van der Waals surface area (Å²) in [6.07, 6.45) is 0.658. The summed E-state index contributed by atoms with van der Waals surface area (Å²) in [5.74, 6) is 0.453. The van der Waals surface area contributed by atoms with Crippen LogP contribution in [0, 0.1) is 5.41 Å². The summed E-state index contributed by atoms with van der Waals surface area (Å²) in [4.78, 5) is 18.5. The highest BCUT2D eigenvalue weighted by atomic mass is 32.1. The van der Waals surface area contributed by atoms with Gasteiger partial charge in [0.1, 0.15) is 5.69 Å². The molecular weight excluding hydrogens is 354 g/mol. The van der Waals surface area contributed by atoms with Gasteiger partial charge in [0, 0.05) is 20.3 Å². The van der Waals surface area contributed by atoms with Crippen LogP contribution in [0.15, 0.2) is 18.3 Å². The minimum Gasteiger partial charge on any atom is -0.465 e. The summed E-state index contributed by atoms with van der Waals surface area (Å²) < 4.78 is 1.59. The van der Waals surface area contributed by atoms with Crippen LogP contribution in [0.3, 0.4) is 0 Å². The number of fused-ring (bicyclic) bond motifs is 1. The monoisotopic (exact) mass is 375 g/mol. The molecule has 3 aromatic rings. The molecular formula is C16H21N7O2S. The number of carbonyl (C=O) groups is 1. The van der Waals surface area contributed by atoms with Gasteiger partial charge in [-0.25, -0.2) is 9.78 Å². The molecule has 1 unspecified atom stereocenters. The molecule has 2 N–H and O–H groups in total. The average molecular weight is 375 g/mol. The maximum absolute atomic E-state index is 11.2. The third-order valence-corrected chi connectivity index (χ3v) is 5.00. The highest BCUT2D eigenvalue weighted by Crippen LogP contribution is 2.33. The van der Waals surface area contributed by atoms with Gasteiger partial charge >= 0.3 is 6.09 Å². The minimum atomic E-state index is -1.11. The molecule has 0 fully saturated rings. The van der Waals surface area contributed by atoms with Crippen LogP contribution in [0.25, 0.3) is 16.2 Å². The highest BCUT2D eigenvalue weighted by molar-refractivity contribution is 7.18. The lowest BCUT2D eigenvalue weighted by Gasteiger charge is -2.28. The molecule has 1 amide bonds. The summed E-state index contributed by atoms with van der Waals surface area (Å²) in [5, 5.41) is 25.6. The van der Waals surface area contributed by atoms with Crippen LogP contribution in [0.4, 0.5) is 9.93 Å². The Balaban J connectivity index is 2.08. The largest absolute Gasteiger partial charge is 0.465 e. The van der Waals surface area contributed by atoms with E-state index >= 15 is 0 Å². The van der Waals surface area contributed by atoms with E-state index in [1.807, 2.05) is 51.9 Å². The highest BCUT2D eigenvalue weighted by Gasteiger charge is 2.32. The van der Waals surface area contributed by atoms with Crippen LogP contribution in [0.1, 0.15) is 32.6 Å². The van der Waals surface area contributed by atoms with Crippen LogP contribution in [-0.2, 0) is 0 Å². The van der Waals surface area contributed by atoms with Gasteiger partial charge < -0.3 is 15.3 Å². The molecule has 9 nitrogen and oxygen atoms in total. The Kier molecular flexibility index (Phi) is 4.53. The van der Waals surface area contributed by atoms with E-state index in [1.165, 1.54) is 11.3 Å². The Morgan fingerprint density at radius 1 is 1.31 bits per heavy atom. The second-order valence-electron chi connectivity index (χ2n) is 7.20. The normalized spacial score (nSPS) is 13.0. The Bertz CT molecular complexity index is 942. The SMILES string of the molecule is CN(C)c1ncc(-c2ccc3nnc(C(NC(=O)O)C(C)(C)C)n3n2)s1. The number of carboxylic acid groups (broad SMARTS) is 1. The smallest absolute Gasteiger partial charge is 0.405 e. The second kappa shape index (κ2) is 6.52. The number of nitrogens with zero attached hydrogens (tertiary/aromatic N) is 6. The number of hydrogen-bond acceptors (Lipinski definition) is 7. The number of thiazole rings is 1. The number of aromatic nitrogens is 5. The molecule has 3 heterocycles. The van der Waals surface area contributed by atoms with E-state index in [2.05, 4.69) is 25.6 Å². The predicted molar refractivity (Wildman–Crippen MR) is 99.6 cm³/mol. The lowest BCUT2D eigenvalue weighted by molar-refractivity contribution is 0.172. The molecule has 3 aromatic heterocycles. The number of hydrogen-bond donors (Lipinski definition) is 2. The van der Waals surface area contributed by atoms with Gasteiger partial charge in [0.25, 0.3) is 0 Å². The van der Waals surface area contributed by atoms with E-state index in [1.54, 1.807) is 10.7 Å². The van der Waals surface area contributed by atoms with Crippen molar-refractivity contribution in [2.75, 3.05) is 19.0 Å². The third-order valence-electron chi connectivity index (χ3n) is 3.81. The lowest BCUT2D eigenvalue weighted by atomic mass is 9.86. The topological polar surface area (TPSA) is 109 Å². The molecule has 1 atom stereocenters. The van der Waals surface area contributed by atoms with Crippen molar-refractivity contribution in [2.45, 2.75) is 26.8 Å². The van der Waals surface area contributed by atoms with Crippen LogP contribution < -0.4 is 10.2 Å². The Labute approximate surface area is 154 Å². The molecule has 10 heteroatoms. The zero-order chi connectivity index (χ0) is 19.1. The summed E-state index contributed by atoms with van der Waals surface area (Å²) in [6.45, 7) is 5.81. The van der Waals surface area contributed by atoms with Crippen LogP contribution in [0.5, 0.6) is 0 Å². The van der Waals surface area contributed by atoms with Crippen molar-refractivity contribution in [3.8, 4) is 10.6 Å². The number of anilines is 1. The van der Waals surface area contributed by atoms with Crippen molar-refractivity contribution >= 4 is 28.2 Å². The first-order chi connectivity index (χ1) is 12.2. The van der Waals surface area contributed by atoms with Crippen molar-refractivity contribution in [3.63, 3.8) is 0 Å². The van der Waals surface area contributed by atoms with E-state index in [4.69, 9.17) is 0 Å². The van der Waals surface area contributed by atoms with Gasteiger partial charge in [-0.2, -0.15) is 9.61 Å². The number of rotatable bonds is 4. The van der Waals surface area contributed by atoms with Crippen molar-refractivity contribution in [1.82, 2.24) is 30.1 Å². The average Bonchev–Trinajstić information content (AvgIpc) is 3.18. The Morgan fingerprint density at radius 3 is 2.62 bits per heavy atom. The number of amides is 1. The zero-order valence-corrected chi connectivity index (χ0v) is 16.1. The third kappa shape index (κ3) is 3.45. The molecule has 0 aromatic carbocycles. The molecule has 0 saturated heterocycles. The molecule has 0 saturated carbocycles. The summed E-state index contributed by atoms with van der Waals surface area (Å²) >= 11 is 1.52. The Morgan fingerprint density at radius 2 is 2.04 bits per heavy atom. The van der Waals surface area contributed by atoms with Crippen LogP contribution in [-0.4, -0.2) is 50.1 Å². The fourth-order valence-electron chi connectivity index (χ4n) is 2.50. The zero-order valence-electron chi connectivity index (χ0n) is 15.3. The van der Waals surface area contributed by atoms with E-state index in [-0.39, 0.29) is 0 Å². The van der Waals surface area contributed by atoms with E-state index in [0.29, 0.717) is 11.5 Å². The first kappa shape index (κ1) is 18.1. The fourth-order valence-corrected chi connectivity index (χ4v) is 3.30. The molecule has 0 radical (unpaired) electrons. The van der Waals surface area contributed by atoms with Crippen LogP contribution in [0.2, 0.25) is 0 Å². The number of nitrogens with one attached hydrogen (secondary N) is 1. The summed E-state index contributed by atoms with van der Waals surface area (Å²) in [5.41, 5.74) is 0.886. The molecule has 26 heavy (non-hydrogen) atoms. The fraction of sp³-hybridized carbons (Fsp3) is 0.438. The van der Waals surface area contributed by atoms with Crippen molar-refractivity contribution in [3.05, 3.63) is 24.2 Å². The maximum Gasteiger partial charge on any atom is 0.405 e. The quantitative estimate of drug-likeness (QED) is 0.721. The van der Waals surface area contributed by atoms with Gasteiger partial charge in [0.2, 0.25) is 0 Å². The van der Waals surface area contributed by atoms with E-state index in [0.717, 1.165) is 15.7 Å².